The smallest absolute Gasteiger partial charge is 0.0623 e. The van der Waals surface area contributed by atoms with Crippen LogP contribution < -0.4 is 5.73 Å². The van der Waals surface area contributed by atoms with Crippen molar-refractivity contribution < 1.29 is 4.74 Å². The average molecular weight is 221 g/mol. The van der Waals surface area contributed by atoms with Crippen LogP contribution in [-0.4, -0.2) is 19.3 Å². The molecule has 0 aliphatic carbocycles. The molecule has 0 heterocycles. The number of rotatable bonds is 7. The van der Waals surface area contributed by atoms with Crippen LogP contribution >= 0.6 is 0 Å². The summed E-state index contributed by atoms with van der Waals surface area (Å²) in [6.07, 6.45) is 2.11. The Balaban J connectivity index is 2.53. The molecule has 2 heteroatoms. The molecule has 2 N–H and O–H groups in total. The van der Waals surface area contributed by atoms with E-state index in [-0.39, 0.29) is 6.04 Å². The van der Waals surface area contributed by atoms with Crippen molar-refractivity contribution in [2.45, 2.75) is 38.6 Å². The van der Waals surface area contributed by atoms with Gasteiger partial charge in [0.15, 0.2) is 0 Å². The van der Waals surface area contributed by atoms with Crippen molar-refractivity contribution in [1.82, 2.24) is 0 Å². The monoisotopic (exact) mass is 221 g/mol. The molecule has 1 aromatic carbocycles. The molecule has 0 spiro atoms. The van der Waals surface area contributed by atoms with Gasteiger partial charge in [0.2, 0.25) is 0 Å². The number of hydrogen-bond donors (Lipinski definition) is 1. The first-order chi connectivity index (χ1) is 7.79. The first kappa shape index (κ1) is 13.2. The van der Waals surface area contributed by atoms with Crippen molar-refractivity contribution in [3.63, 3.8) is 0 Å². The largest absolute Gasteiger partial charge is 0.380 e. The van der Waals surface area contributed by atoms with Crippen molar-refractivity contribution in [1.29, 1.82) is 0 Å². The minimum absolute atomic E-state index is 0.0962. The number of benzene rings is 1. The third-order valence-electron chi connectivity index (χ3n) is 2.84. The van der Waals surface area contributed by atoms with Crippen LogP contribution in [0.2, 0.25) is 0 Å². The van der Waals surface area contributed by atoms with E-state index in [2.05, 4.69) is 38.1 Å². The predicted octanol–water partition coefficient (Wildman–Crippen LogP) is 2.93. The quantitative estimate of drug-likeness (QED) is 0.718. The Morgan fingerprint density at radius 2 is 1.88 bits per heavy atom. The number of nitrogens with two attached hydrogens (primary N) is 1. The number of ether oxygens (including phenoxy) is 1. The highest BCUT2D eigenvalue weighted by Crippen LogP contribution is 2.22. The lowest BCUT2D eigenvalue weighted by Crippen LogP contribution is -2.33. The lowest BCUT2D eigenvalue weighted by Gasteiger charge is -2.23. The fourth-order valence-corrected chi connectivity index (χ4v) is 1.97. The van der Waals surface area contributed by atoms with Crippen LogP contribution in [0.15, 0.2) is 30.3 Å². The predicted molar refractivity (Wildman–Crippen MR) is 68.6 cm³/mol. The van der Waals surface area contributed by atoms with Crippen LogP contribution in [0.1, 0.15) is 38.2 Å². The van der Waals surface area contributed by atoms with E-state index in [1.165, 1.54) is 5.56 Å². The van der Waals surface area contributed by atoms with Gasteiger partial charge in [-0.05, 0) is 18.4 Å². The summed E-state index contributed by atoms with van der Waals surface area (Å²) in [6, 6.07) is 10.6. The molecule has 1 rings (SSSR count). The third kappa shape index (κ3) is 3.95. The second kappa shape index (κ2) is 7.42. The summed E-state index contributed by atoms with van der Waals surface area (Å²) in [5.41, 5.74) is 7.49. The van der Waals surface area contributed by atoms with Crippen LogP contribution in [0, 0.1) is 0 Å². The van der Waals surface area contributed by atoms with E-state index < -0.39 is 0 Å². The molecular formula is C14H23NO. The molecule has 0 radical (unpaired) electrons. The summed E-state index contributed by atoms with van der Waals surface area (Å²) < 4.78 is 5.52. The standard InChI is InChI=1S/C14H23NO/c1-3-10-16-11-14(15)13(4-2)12-8-6-5-7-9-12/h5-9,13-14H,3-4,10-11,15H2,1-2H3. The lowest BCUT2D eigenvalue weighted by molar-refractivity contribution is 0.114. The first-order valence-electron chi connectivity index (χ1n) is 6.17. The first-order valence-corrected chi connectivity index (χ1v) is 6.17. The zero-order chi connectivity index (χ0) is 11.8. The molecule has 0 amide bonds. The Labute approximate surface area is 98.8 Å². The van der Waals surface area contributed by atoms with Crippen LogP contribution in [0.4, 0.5) is 0 Å². The average Bonchev–Trinajstić information content (AvgIpc) is 2.32. The molecule has 90 valence electrons. The Kier molecular flexibility index (Phi) is 6.12. The van der Waals surface area contributed by atoms with Crippen molar-refractivity contribution >= 4 is 0 Å². The fraction of sp³-hybridized carbons (Fsp3) is 0.571. The highest BCUT2D eigenvalue weighted by molar-refractivity contribution is 5.21. The van der Waals surface area contributed by atoms with Crippen LogP contribution in [-0.2, 0) is 4.74 Å². The highest BCUT2D eigenvalue weighted by atomic mass is 16.5. The zero-order valence-corrected chi connectivity index (χ0v) is 10.4. The Bertz CT molecular complexity index is 273. The summed E-state index contributed by atoms with van der Waals surface area (Å²) in [5, 5.41) is 0. The summed E-state index contributed by atoms with van der Waals surface area (Å²) >= 11 is 0. The molecule has 0 saturated carbocycles. The van der Waals surface area contributed by atoms with Crippen molar-refractivity contribution in [3.8, 4) is 0 Å². The van der Waals surface area contributed by atoms with Gasteiger partial charge in [-0.15, -0.1) is 0 Å². The molecule has 0 fully saturated rings. The molecule has 2 unspecified atom stereocenters. The molecule has 0 saturated heterocycles. The van der Waals surface area contributed by atoms with Crippen LogP contribution in [0.5, 0.6) is 0 Å². The molecule has 16 heavy (non-hydrogen) atoms. The van der Waals surface area contributed by atoms with Gasteiger partial charge in [0, 0.05) is 18.6 Å². The molecule has 0 bridgehead atoms. The molecule has 1 aromatic rings. The van der Waals surface area contributed by atoms with Gasteiger partial charge in [0.05, 0.1) is 6.61 Å². The SMILES string of the molecule is CCCOCC(N)C(CC)c1ccccc1. The minimum atomic E-state index is 0.0962. The highest BCUT2D eigenvalue weighted by Gasteiger charge is 2.17. The Morgan fingerprint density at radius 3 is 2.44 bits per heavy atom. The van der Waals surface area contributed by atoms with E-state index in [1.54, 1.807) is 0 Å². The summed E-state index contributed by atoms with van der Waals surface area (Å²) in [4.78, 5) is 0. The molecular weight excluding hydrogens is 198 g/mol. The van der Waals surface area contributed by atoms with Gasteiger partial charge < -0.3 is 10.5 Å². The fourth-order valence-electron chi connectivity index (χ4n) is 1.97. The van der Waals surface area contributed by atoms with Gasteiger partial charge in [0.25, 0.3) is 0 Å². The van der Waals surface area contributed by atoms with E-state index in [1.807, 2.05) is 6.07 Å². The molecule has 2 nitrogen and oxygen atoms in total. The van der Waals surface area contributed by atoms with Gasteiger partial charge in [-0.25, -0.2) is 0 Å². The van der Waals surface area contributed by atoms with Gasteiger partial charge >= 0.3 is 0 Å². The summed E-state index contributed by atoms with van der Waals surface area (Å²) in [5.74, 6) is 0.401. The molecule has 0 aliphatic rings. The van der Waals surface area contributed by atoms with E-state index in [0.717, 1.165) is 19.4 Å². The van der Waals surface area contributed by atoms with E-state index in [0.29, 0.717) is 12.5 Å². The normalized spacial score (nSPS) is 14.7. The molecule has 0 aromatic heterocycles. The molecule has 0 aliphatic heterocycles. The van der Waals surface area contributed by atoms with Crippen LogP contribution in [0.3, 0.4) is 0 Å². The number of hydrogen-bond acceptors (Lipinski definition) is 2. The topological polar surface area (TPSA) is 35.2 Å². The third-order valence-corrected chi connectivity index (χ3v) is 2.84. The van der Waals surface area contributed by atoms with E-state index in [9.17, 15) is 0 Å². The van der Waals surface area contributed by atoms with Crippen molar-refractivity contribution in [2.75, 3.05) is 13.2 Å². The van der Waals surface area contributed by atoms with Gasteiger partial charge in [0.1, 0.15) is 0 Å². The van der Waals surface area contributed by atoms with Gasteiger partial charge in [-0.1, -0.05) is 44.2 Å². The molecule has 2 atom stereocenters. The minimum Gasteiger partial charge on any atom is -0.380 e. The van der Waals surface area contributed by atoms with Crippen molar-refractivity contribution in [2.24, 2.45) is 5.73 Å². The van der Waals surface area contributed by atoms with Gasteiger partial charge in [-0.2, -0.15) is 0 Å². The van der Waals surface area contributed by atoms with Crippen molar-refractivity contribution in [3.05, 3.63) is 35.9 Å². The van der Waals surface area contributed by atoms with E-state index >= 15 is 0 Å². The van der Waals surface area contributed by atoms with Gasteiger partial charge in [-0.3, -0.25) is 0 Å². The maximum absolute atomic E-state index is 6.18. The second-order valence-corrected chi connectivity index (χ2v) is 4.16. The maximum atomic E-state index is 6.18. The second-order valence-electron chi connectivity index (χ2n) is 4.16. The maximum Gasteiger partial charge on any atom is 0.0623 e. The Hall–Kier alpha value is -0.860. The Morgan fingerprint density at radius 1 is 1.19 bits per heavy atom. The summed E-state index contributed by atoms with van der Waals surface area (Å²) in [6.45, 7) is 5.75. The summed E-state index contributed by atoms with van der Waals surface area (Å²) in [7, 11) is 0. The van der Waals surface area contributed by atoms with E-state index in [4.69, 9.17) is 10.5 Å². The van der Waals surface area contributed by atoms with Crippen LogP contribution in [0.25, 0.3) is 0 Å². The zero-order valence-electron chi connectivity index (χ0n) is 10.4. The lowest BCUT2D eigenvalue weighted by atomic mass is 9.90.